The van der Waals surface area contributed by atoms with Crippen LogP contribution < -0.4 is 5.73 Å². The first kappa shape index (κ1) is 12.4. The lowest BCUT2D eigenvalue weighted by molar-refractivity contribution is 0.779. The van der Waals surface area contributed by atoms with Crippen molar-refractivity contribution in [2.24, 2.45) is 5.73 Å². The first-order chi connectivity index (χ1) is 8.16. The van der Waals surface area contributed by atoms with Gasteiger partial charge in [-0.25, -0.2) is 9.97 Å². The summed E-state index contributed by atoms with van der Waals surface area (Å²) in [6, 6.07) is 7.50. The average molecular weight is 266 g/mol. The molecule has 0 bridgehead atoms. The molecule has 0 unspecified atom stereocenters. The van der Waals surface area contributed by atoms with Crippen LogP contribution in [-0.4, -0.2) is 9.97 Å². The van der Waals surface area contributed by atoms with E-state index in [0.717, 1.165) is 15.6 Å². The molecule has 0 aromatic carbocycles. The van der Waals surface area contributed by atoms with Gasteiger partial charge in [-0.3, -0.25) is 0 Å². The third-order valence-corrected chi connectivity index (χ3v) is 3.40. The smallest absolute Gasteiger partial charge is 0.107 e. The zero-order valence-electron chi connectivity index (χ0n) is 9.30. The molecule has 0 amide bonds. The van der Waals surface area contributed by atoms with Gasteiger partial charge in [-0.1, -0.05) is 17.7 Å². The van der Waals surface area contributed by atoms with E-state index in [0.29, 0.717) is 5.02 Å². The highest BCUT2D eigenvalue weighted by molar-refractivity contribution is 7.99. The molecule has 2 heterocycles. The van der Waals surface area contributed by atoms with Crippen molar-refractivity contribution in [1.82, 2.24) is 9.97 Å². The van der Waals surface area contributed by atoms with E-state index in [1.165, 1.54) is 11.8 Å². The molecule has 3 nitrogen and oxygen atoms in total. The Labute approximate surface area is 109 Å². The molecule has 2 rings (SSSR count). The van der Waals surface area contributed by atoms with Crippen LogP contribution in [0, 0.1) is 0 Å². The van der Waals surface area contributed by atoms with E-state index in [1.807, 2.05) is 31.2 Å². The maximum absolute atomic E-state index is 5.90. The molecule has 0 radical (unpaired) electrons. The lowest BCUT2D eigenvalue weighted by Crippen LogP contribution is -2.07. The van der Waals surface area contributed by atoms with Crippen LogP contribution in [0.5, 0.6) is 0 Å². The van der Waals surface area contributed by atoms with Gasteiger partial charge in [0.1, 0.15) is 10.1 Å². The van der Waals surface area contributed by atoms with E-state index in [1.54, 1.807) is 12.4 Å². The summed E-state index contributed by atoms with van der Waals surface area (Å²) in [6.45, 7) is 1.94. The molecular weight excluding hydrogens is 254 g/mol. The lowest BCUT2D eigenvalue weighted by atomic mass is 10.2. The summed E-state index contributed by atoms with van der Waals surface area (Å²) >= 11 is 7.28. The topological polar surface area (TPSA) is 51.8 Å². The van der Waals surface area contributed by atoms with Crippen molar-refractivity contribution >= 4 is 23.4 Å². The largest absolute Gasteiger partial charge is 0.324 e. The molecule has 17 heavy (non-hydrogen) atoms. The van der Waals surface area contributed by atoms with Crippen LogP contribution >= 0.6 is 23.4 Å². The molecule has 1 atom stereocenters. The van der Waals surface area contributed by atoms with Crippen molar-refractivity contribution in [2.45, 2.75) is 23.0 Å². The maximum atomic E-state index is 5.90. The quantitative estimate of drug-likeness (QED) is 0.925. The number of nitrogens with two attached hydrogens (primary N) is 1. The summed E-state index contributed by atoms with van der Waals surface area (Å²) in [4.78, 5) is 8.55. The van der Waals surface area contributed by atoms with Gasteiger partial charge in [-0.05, 0) is 36.9 Å². The molecule has 0 spiro atoms. The Bertz CT molecular complexity index is 499. The van der Waals surface area contributed by atoms with Gasteiger partial charge < -0.3 is 5.73 Å². The third-order valence-electron chi connectivity index (χ3n) is 2.19. The summed E-state index contributed by atoms with van der Waals surface area (Å²) in [5.41, 5.74) is 6.92. The molecule has 0 saturated carbocycles. The highest BCUT2D eigenvalue weighted by atomic mass is 35.5. The molecule has 2 N–H and O–H groups in total. The van der Waals surface area contributed by atoms with Crippen molar-refractivity contribution < 1.29 is 0 Å². The second-order valence-electron chi connectivity index (χ2n) is 3.60. The Morgan fingerprint density at radius 1 is 1.29 bits per heavy atom. The Morgan fingerprint density at radius 2 is 2.12 bits per heavy atom. The summed E-state index contributed by atoms with van der Waals surface area (Å²) < 4.78 is 0. The van der Waals surface area contributed by atoms with Crippen LogP contribution in [0.15, 0.2) is 46.7 Å². The van der Waals surface area contributed by atoms with E-state index < -0.39 is 0 Å². The molecule has 88 valence electrons. The summed E-state index contributed by atoms with van der Waals surface area (Å²) in [5.74, 6) is 0. The second kappa shape index (κ2) is 5.49. The molecule has 0 aliphatic rings. The van der Waals surface area contributed by atoms with Gasteiger partial charge in [-0.15, -0.1) is 0 Å². The number of pyridine rings is 2. The Kier molecular flexibility index (Phi) is 3.99. The molecule has 0 aliphatic heterocycles. The molecule has 2 aromatic heterocycles. The van der Waals surface area contributed by atoms with Crippen molar-refractivity contribution in [3.63, 3.8) is 0 Å². The van der Waals surface area contributed by atoms with Gasteiger partial charge in [-0.2, -0.15) is 0 Å². The molecule has 0 fully saturated rings. The van der Waals surface area contributed by atoms with Crippen LogP contribution in [0.4, 0.5) is 0 Å². The minimum Gasteiger partial charge on any atom is -0.324 e. The maximum Gasteiger partial charge on any atom is 0.107 e. The Balaban J connectivity index is 2.26. The Hall–Kier alpha value is -1.10. The molecule has 0 aliphatic carbocycles. The second-order valence-corrected chi connectivity index (χ2v) is 5.05. The normalized spacial score (nSPS) is 12.4. The summed E-state index contributed by atoms with van der Waals surface area (Å²) in [5, 5.41) is 2.37. The van der Waals surface area contributed by atoms with E-state index in [2.05, 4.69) is 9.97 Å². The number of rotatable bonds is 3. The SMILES string of the molecule is C[C@@H](N)c1cccnc1Sc1ccc(Cl)cn1. The van der Waals surface area contributed by atoms with Gasteiger partial charge in [0.15, 0.2) is 0 Å². The molecule has 0 saturated heterocycles. The van der Waals surface area contributed by atoms with Gasteiger partial charge in [0.05, 0.1) is 5.02 Å². The van der Waals surface area contributed by atoms with E-state index in [9.17, 15) is 0 Å². The highest BCUT2D eigenvalue weighted by Gasteiger charge is 2.09. The zero-order valence-corrected chi connectivity index (χ0v) is 10.9. The van der Waals surface area contributed by atoms with Crippen LogP contribution in [0.2, 0.25) is 5.02 Å². The number of aromatic nitrogens is 2. The lowest BCUT2D eigenvalue weighted by Gasteiger charge is -2.10. The zero-order chi connectivity index (χ0) is 12.3. The fraction of sp³-hybridized carbons (Fsp3) is 0.167. The van der Waals surface area contributed by atoms with Crippen molar-refractivity contribution in [2.75, 3.05) is 0 Å². The molecule has 2 aromatic rings. The predicted octanol–water partition coefficient (Wildman–Crippen LogP) is 3.30. The monoisotopic (exact) mass is 265 g/mol. The average Bonchev–Trinajstić information content (AvgIpc) is 2.32. The van der Waals surface area contributed by atoms with Crippen molar-refractivity contribution in [1.29, 1.82) is 0 Å². The predicted molar refractivity (Wildman–Crippen MR) is 70.2 cm³/mol. The minimum atomic E-state index is -0.0431. The Morgan fingerprint density at radius 3 is 2.76 bits per heavy atom. The van der Waals surface area contributed by atoms with Crippen LogP contribution in [0.1, 0.15) is 18.5 Å². The highest BCUT2D eigenvalue weighted by Crippen LogP contribution is 2.29. The fourth-order valence-electron chi connectivity index (χ4n) is 1.36. The third kappa shape index (κ3) is 3.19. The van der Waals surface area contributed by atoms with Gasteiger partial charge >= 0.3 is 0 Å². The van der Waals surface area contributed by atoms with Gasteiger partial charge in [0, 0.05) is 24.0 Å². The van der Waals surface area contributed by atoms with E-state index >= 15 is 0 Å². The van der Waals surface area contributed by atoms with Gasteiger partial charge in [0.2, 0.25) is 0 Å². The standard InChI is InChI=1S/C12H12ClN3S/c1-8(14)10-3-2-6-15-12(10)17-11-5-4-9(13)7-16-11/h2-8H,14H2,1H3/t8-/m1/s1. The number of hydrogen-bond acceptors (Lipinski definition) is 4. The minimum absolute atomic E-state index is 0.0431. The first-order valence-electron chi connectivity index (χ1n) is 5.16. The van der Waals surface area contributed by atoms with Crippen LogP contribution in [-0.2, 0) is 0 Å². The van der Waals surface area contributed by atoms with E-state index in [4.69, 9.17) is 17.3 Å². The molecular formula is C12H12ClN3S. The molecule has 5 heteroatoms. The number of halogens is 1. The van der Waals surface area contributed by atoms with E-state index in [-0.39, 0.29) is 6.04 Å². The number of hydrogen-bond donors (Lipinski definition) is 1. The van der Waals surface area contributed by atoms with Gasteiger partial charge in [0.25, 0.3) is 0 Å². The fourth-order valence-corrected chi connectivity index (χ4v) is 2.39. The van der Waals surface area contributed by atoms with Crippen LogP contribution in [0.3, 0.4) is 0 Å². The summed E-state index contributed by atoms with van der Waals surface area (Å²) in [7, 11) is 0. The summed E-state index contributed by atoms with van der Waals surface area (Å²) in [6.07, 6.45) is 3.38. The van der Waals surface area contributed by atoms with Crippen LogP contribution in [0.25, 0.3) is 0 Å². The van der Waals surface area contributed by atoms with Crippen molar-refractivity contribution in [3.8, 4) is 0 Å². The van der Waals surface area contributed by atoms with Crippen molar-refractivity contribution in [3.05, 3.63) is 47.2 Å². The first-order valence-corrected chi connectivity index (χ1v) is 6.36. The number of nitrogens with zero attached hydrogens (tertiary/aromatic N) is 2.